The van der Waals surface area contributed by atoms with Crippen molar-refractivity contribution in [2.75, 3.05) is 0 Å². The summed E-state index contributed by atoms with van der Waals surface area (Å²) in [5, 5.41) is 10.6. The summed E-state index contributed by atoms with van der Waals surface area (Å²) in [4.78, 5) is 13.1. The first kappa shape index (κ1) is 14.0. The third-order valence-electron chi connectivity index (χ3n) is 4.18. The largest absolute Gasteiger partial charge is 0.508 e. The van der Waals surface area contributed by atoms with Gasteiger partial charge < -0.3 is 9.67 Å². The van der Waals surface area contributed by atoms with Gasteiger partial charge in [-0.2, -0.15) is 0 Å². The van der Waals surface area contributed by atoms with Crippen LogP contribution in [-0.4, -0.2) is 10.6 Å². The van der Waals surface area contributed by atoms with Crippen molar-refractivity contribution in [1.29, 1.82) is 0 Å². The minimum absolute atomic E-state index is 0.0760. The van der Waals surface area contributed by atoms with Gasteiger partial charge >= 0.3 is 0 Å². The number of benzene rings is 3. The highest BCUT2D eigenvalue weighted by Crippen LogP contribution is 2.55. The standard InChI is InChI=1S/C19H13O3P/c20-14-11-9-13(10-12-14)19(21)23(22)17-7-3-1-5-15(17)16-6-2-4-8-18(16)23/h1-12,20H. The molecular formula is C19H13O3P. The number of carbonyl (C=O) groups is 1. The Morgan fingerprint density at radius 1 is 0.739 bits per heavy atom. The van der Waals surface area contributed by atoms with Crippen LogP contribution in [0.5, 0.6) is 5.75 Å². The smallest absolute Gasteiger partial charge is 0.230 e. The van der Waals surface area contributed by atoms with Crippen molar-refractivity contribution in [1.82, 2.24) is 0 Å². The van der Waals surface area contributed by atoms with Crippen molar-refractivity contribution in [3.63, 3.8) is 0 Å². The van der Waals surface area contributed by atoms with Gasteiger partial charge in [0.1, 0.15) is 5.75 Å². The number of rotatable bonds is 2. The molecule has 0 amide bonds. The summed E-state index contributed by atoms with van der Waals surface area (Å²) in [6, 6.07) is 20.6. The molecule has 1 heterocycles. The lowest BCUT2D eigenvalue weighted by Gasteiger charge is -2.13. The van der Waals surface area contributed by atoms with Gasteiger partial charge in [-0.1, -0.05) is 48.5 Å². The first-order valence-electron chi connectivity index (χ1n) is 7.26. The molecule has 0 fully saturated rings. The van der Waals surface area contributed by atoms with Gasteiger partial charge in [-0.05, 0) is 35.4 Å². The second kappa shape index (κ2) is 4.94. The van der Waals surface area contributed by atoms with Crippen molar-refractivity contribution in [2.24, 2.45) is 0 Å². The molecule has 1 aliphatic heterocycles. The number of hydrogen-bond acceptors (Lipinski definition) is 3. The maximum atomic E-state index is 13.8. The SMILES string of the molecule is O=C(c1ccc(O)cc1)P1(=O)c2ccccc2-c2ccccc21. The molecule has 3 aromatic carbocycles. The molecule has 0 aromatic heterocycles. The first-order chi connectivity index (χ1) is 11.1. The molecule has 4 heteroatoms. The lowest BCUT2D eigenvalue weighted by molar-refractivity contribution is 0.107. The number of carbonyl (C=O) groups excluding carboxylic acids is 1. The fourth-order valence-corrected chi connectivity index (χ4v) is 5.96. The third-order valence-corrected chi connectivity index (χ3v) is 7.14. The second-order valence-electron chi connectivity index (χ2n) is 5.50. The van der Waals surface area contributed by atoms with Crippen LogP contribution in [0.2, 0.25) is 0 Å². The predicted octanol–water partition coefficient (Wildman–Crippen LogP) is 3.53. The Bertz CT molecular complexity index is 924. The number of aromatic hydroxyl groups is 1. The molecule has 1 N–H and O–H groups in total. The van der Waals surface area contributed by atoms with E-state index in [9.17, 15) is 14.5 Å². The van der Waals surface area contributed by atoms with Crippen LogP contribution in [0.25, 0.3) is 11.1 Å². The molecule has 3 aromatic rings. The van der Waals surface area contributed by atoms with Crippen molar-refractivity contribution >= 4 is 23.3 Å². The topological polar surface area (TPSA) is 54.4 Å². The molecule has 0 saturated heterocycles. The van der Waals surface area contributed by atoms with Crippen molar-refractivity contribution in [3.8, 4) is 16.9 Å². The second-order valence-corrected chi connectivity index (χ2v) is 8.08. The van der Waals surface area contributed by atoms with E-state index in [2.05, 4.69) is 0 Å². The summed E-state index contributed by atoms with van der Waals surface area (Å²) in [5.74, 6) is 0.0760. The van der Waals surface area contributed by atoms with Crippen molar-refractivity contribution < 1.29 is 14.5 Å². The first-order valence-corrected chi connectivity index (χ1v) is 8.96. The molecule has 23 heavy (non-hydrogen) atoms. The third kappa shape index (κ3) is 1.90. The summed E-state index contributed by atoms with van der Waals surface area (Å²) in [7, 11) is -3.40. The van der Waals surface area contributed by atoms with Gasteiger partial charge in [0, 0.05) is 16.2 Å². The van der Waals surface area contributed by atoms with Gasteiger partial charge in [0.25, 0.3) is 0 Å². The van der Waals surface area contributed by atoms with Crippen LogP contribution in [0, 0.1) is 0 Å². The highest BCUT2D eigenvalue weighted by Gasteiger charge is 2.44. The zero-order chi connectivity index (χ0) is 16.0. The van der Waals surface area contributed by atoms with E-state index >= 15 is 0 Å². The minimum Gasteiger partial charge on any atom is -0.508 e. The van der Waals surface area contributed by atoms with Crippen molar-refractivity contribution in [2.45, 2.75) is 0 Å². The number of phenols is 1. The summed E-state index contributed by atoms with van der Waals surface area (Å²) in [5.41, 5.74) is 1.67. The number of hydrogen-bond donors (Lipinski definition) is 1. The van der Waals surface area contributed by atoms with E-state index in [4.69, 9.17) is 0 Å². The Hall–Kier alpha value is -2.64. The molecule has 112 valence electrons. The lowest BCUT2D eigenvalue weighted by atomic mass is 10.1. The van der Waals surface area contributed by atoms with Crippen LogP contribution in [0.4, 0.5) is 0 Å². The maximum Gasteiger partial charge on any atom is 0.230 e. The van der Waals surface area contributed by atoms with Gasteiger partial charge in [0.15, 0.2) is 0 Å². The van der Waals surface area contributed by atoms with Crippen LogP contribution >= 0.6 is 7.14 Å². The Kier molecular flexibility index (Phi) is 3.00. The van der Waals surface area contributed by atoms with Crippen LogP contribution < -0.4 is 10.6 Å². The van der Waals surface area contributed by atoms with Crippen LogP contribution in [0.1, 0.15) is 10.4 Å². The average Bonchev–Trinajstić information content (AvgIpc) is 2.86. The molecule has 0 aliphatic carbocycles. The maximum absolute atomic E-state index is 13.8. The fraction of sp³-hybridized carbons (Fsp3) is 0. The highest BCUT2D eigenvalue weighted by molar-refractivity contribution is 7.94. The molecule has 0 atom stereocenters. The zero-order valence-corrected chi connectivity index (χ0v) is 13.0. The monoisotopic (exact) mass is 320 g/mol. The van der Waals surface area contributed by atoms with Crippen molar-refractivity contribution in [3.05, 3.63) is 78.4 Å². The Balaban J connectivity index is 1.98. The summed E-state index contributed by atoms with van der Waals surface area (Å²) < 4.78 is 13.8. The molecular weight excluding hydrogens is 307 g/mol. The molecule has 4 rings (SSSR count). The minimum atomic E-state index is -3.40. The molecule has 0 radical (unpaired) electrons. The van der Waals surface area contributed by atoms with E-state index in [1.807, 2.05) is 36.4 Å². The predicted molar refractivity (Wildman–Crippen MR) is 91.2 cm³/mol. The van der Waals surface area contributed by atoms with Crippen LogP contribution in [-0.2, 0) is 4.57 Å². The van der Waals surface area contributed by atoms with Crippen LogP contribution in [0.3, 0.4) is 0 Å². The zero-order valence-electron chi connectivity index (χ0n) is 12.1. The molecule has 1 aliphatic rings. The van der Waals surface area contributed by atoms with Gasteiger partial charge in [0.05, 0.1) is 0 Å². The Morgan fingerprint density at radius 3 is 1.74 bits per heavy atom. The van der Waals surface area contributed by atoms with Gasteiger partial charge in [0.2, 0.25) is 12.7 Å². The summed E-state index contributed by atoms with van der Waals surface area (Å²) in [6.45, 7) is 0. The average molecular weight is 320 g/mol. The lowest BCUT2D eigenvalue weighted by Crippen LogP contribution is -2.18. The molecule has 0 spiro atoms. The van der Waals surface area contributed by atoms with E-state index in [-0.39, 0.29) is 5.75 Å². The molecule has 3 nitrogen and oxygen atoms in total. The Morgan fingerprint density at radius 2 is 1.22 bits per heavy atom. The normalized spacial score (nSPS) is 14.1. The molecule has 0 unspecified atom stereocenters. The van der Waals surface area contributed by atoms with E-state index in [1.165, 1.54) is 24.3 Å². The molecule has 0 saturated carbocycles. The Labute approximate surface area is 133 Å². The van der Waals surface area contributed by atoms with E-state index in [0.29, 0.717) is 16.2 Å². The number of phenolic OH excluding ortho intramolecular Hbond substituents is 1. The van der Waals surface area contributed by atoms with Crippen LogP contribution in [0.15, 0.2) is 72.8 Å². The quantitative estimate of drug-likeness (QED) is 0.735. The summed E-state index contributed by atoms with van der Waals surface area (Å²) in [6.07, 6.45) is 0. The van der Waals surface area contributed by atoms with E-state index < -0.39 is 12.7 Å². The van der Waals surface area contributed by atoms with E-state index in [1.54, 1.807) is 12.1 Å². The van der Waals surface area contributed by atoms with Gasteiger partial charge in [-0.15, -0.1) is 0 Å². The summed E-state index contributed by atoms with van der Waals surface area (Å²) >= 11 is 0. The molecule has 0 bridgehead atoms. The highest BCUT2D eigenvalue weighted by atomic mass is 31.2. The van der Waals surface area contributed by atoms with Gasteiger partial charge in [-0.3, -0.25) is 4.79 Å². The fourth-order valence-electron chi connectivity index (χ4n) is 3.09. The van der Waals surface area contributed by atoms with E-state index in [0.717, 1.165) is 11.1 Å². The number of fused-ring (bicyclic) bond motifs is 3. The van der Waals surface area contributed by atoms with Gasteiger partial charge in [-0.25, -0.2) is 0 Å².